The third-order valence-corrected chi connectivity index (χ3v) is 4.47. The van der Waals surface area contributed by atoms with E-state index in [1.54, 1.807) is 0 Å². The molecule has 3 rings (SSSR count). The molecule has 0 amide bonds. The number of halogens is 1. The summed E-state index contributed by atoms with van der Waals surface area (Å²) in [5.41, 5.74) is 6.62. The molecular formula is C16H18ClN3. The molecule has 1 aliphatic rings. The molecule has 2 aromatic rings. The van der Waals surface area contributed by atoms with Gasteiger partial charge in [0.2, 0.25) is 0 Å². The molecular weight excluding hydrogens is 270 g/mol. The Bertz CT molecular complexity index is 600. The summed E-state index contributed by atoms with van der Waals surface area (Å²) in [4.78, 5) is 4.55. The van der Waals surface area contributed by atoms with Crippen LogP contribution in [0.5, 0.6) is 0 Å². The summed E-state index contributed by atoms with van der Waals surface area (Å²) in [6.07, 6.45) is 4.84. The third kappa shape index (κ3) is 2.57. The van der Waals surface area contributed by atoms with Crippen LogP contribution in [0.15, 0.2) is 42.6 Å². The van der Waals surface area contributed by atoms with Gasteiger partial charge < -0.3 is 0 Å². The number of benzene rings is 1. The predicted octanol–water partition coefficient (Wildman–Crippen LogP) is 2.84. The molecule has 0 saturated heterocycles. The number of hydrogen-bond donors (Lipinski definition) is 2. The maximum absolute atomic E-state index is 6.25. The minimum Gasteiger partial charge on any atom is -0.271 e. The smallest absolute Gasteiger partial charge is 0.0482 e. The van der Waals surface area contributed by atoms with Gasteiger partial charge in [-0.25, -0.2) is 0 Å². The summed E-state index contributed by atoms with van der Waals surface area (Å²) in [5.74, 6) is 6.14. The number of hydrazine groups is 1. The van der Waals surface area contributed by atoms with Crippen LogP contribution in [0.4, 0.5) is 0 Å². The molecule has 3 N–H and O–H groups in total. The Labute approximate surface area is 124 Å². The normalized spacial score (nSPS) is 18.8. The van der Waals surface area contributed by atoms with Gasteiger partial charge in [-0.15, -0.1) is 0 Å². The maximum atomic E-state index is 6.25. The lowest BCUT2D eigenvalue weighted by Gasteiger charge is -2.23. The van der Waals surface area contributed by atoms with Gasteiger partial charge in [0.1, 0.15) is 0 Å². The number of aromatic nitrogens is 1. The highest BCUT2D eigenvalue weighted by atomic mass is 35.5. The van der Waals surface area contributed by atoms with Crippen LogP contribution in [0.1, 0.15) is 29.2 Å². The standard InChI is InChI=1S/C16H18ClN3/c17-14-6-2-1-4-12(14)10-15(20-18)13-8-7-11-5-3-9-19-16(11)13/h1-6,9,13,15,20H,7-8,10,18H2. The van der Waals surface area contributed by atoms with Crippen LogP contribution in [0.2, 0.25) is 5.02 Å². The SMILES string of the molecule is NNC(Cc1ccccc1Cl)C1CCc2cccnc21. The van der Waals surface area contributed by atoms with Gasteiger partial charge in [-0.2, -0.15) is 0 Å². The molecule has 1 heterocycles. The second-order valence-corrected chi connectivity index (χ2v) is 5.67. The molecule has 1 aromatic heterocycles. The van der Waals surface area contributed by atoms with Crippen LogP contribution < -0.4 is 11.3 Å². The molecule has 0 aliphatic heterocycles. The topological polar surface area (TPSA) is 50.9 Å². The first-order chi connectivity index (χ1) is 9.79. The van der Waals surface area contributed by atoms with E-state index in [2.05, 4.69) is 22.5 Å². The van der Waals surface area contributed by atoms with Gasteiger partial charge in [0.15, 0.2) is 0 Å². The number of rotatable bonds is 4. The second kappa shape index (κ2) is 5.92. The first-order valence-corrected chi connectivity index (χ1v) is 7.30. The zero-order valence-electron chi connectivity index (χ0n) is 11.2. The monoisotopic (exact) mass is 287 g/mol. The van der Waals surface area contributed by atoms with E-state index in [1.165, 1.54) is 11.3 Å². The van der Waals surface area contributed by atoms with Crippen molar-refractivity contribution >= 4 is 11.6 Å². The highest BCUT2D eigenvalue weighted by molar-refractivity contribution is 6.31. The van der Waals surface area contributed by atoms with Crippen molar-refractivity contribution in [2.75, 3.05) is 0 Å². The lowest BCUT2D eigenvalue weighted by Crippen LogP contribution is -2.41. The molecule has 0 bridgehead atoms. The number of aryl methyl sites for hydroxylation is 1. The molecule has 104 valence electrons. The molecule has 0 radical (unpaired) electrons. The fourth-order valence-corrected chi connectivity index (χ4v) is 3.27. The number of nitrogens with two attached hydrogens (primary N) is 1. The largest absolute Gasteiger partial charge is 0.271 e. The van der Waals surface area contributed by atoms with E-state index < -0.39 is 0 Å². The van der Waals surface area contributed by atoms with E-state index in [1.807, 2.05) is 30.5 Å². The Balaban J connectivity index is 1.83. The van der Waals surface area contributed by atoms with Crippen LogP contribution in [0.3, 0.4) is 0 Å². The summed E-state index contributed by atoms with van der Waals surface area (Å²) >= 11 is 6.25. The predicted molar refractivity (Wildman–Crippen MR) is 81.6 cm³/mol. The van der Waals surface area contributed by atoms with Gasteiger partial charge in [-0.05, 0) is 42.5 Å². The summed E-state index contributed by atoms with van der Waals surface area (Å²) in [6.45, 7) is 0. The zero-order valence-corrected chi connectivity index (χ0v) is 12.0. The summed E-state index contributed by atoms with van der Waals surface area (Å²) in [5, 5.41) is 0.798. The lowest BCUT2D eigenvalue weighted by molar-refractivity contribution is 0.429. The van der Waals surface area contributed by atoms with Crippen LogP contribution >= 0.6 is 11.6 Å². The van der Waals surface area contributed by atoms with Crippen molar-refractivity contribution in [1.29, 1.82) is 0 Å². The number of fused-ring (bicyclic) bond motifs is 1. The van der Waals surface area contributed by atoms with Crippen molar-refractivity contribution in [3.05, 3.63) is 64.4 Å². The quantitative estimate of drug-likeness (QED) is 0.671. The Morgan fingerprint density at radius 1 is 1.30 bits per heavy atom. The molecule has 0 fully saturated rings. The molecule has 20 heavy (non-hydrogen) atoms. The molecule has 0 saturated carbocycles. The minimum absolute atomic E-state index is 0.158. The Morgan fingerprint density at radius 3 is 2.95 bits per heavy atom. The van der Waals surface area contributed by atoms with Crippen molar-refractivity contribution < 1.29 is 0 Å². The second-order valence-electron chi connectivity index (χ2n) is 5.26. The van der Waals surface area contributed by atoms with Gasteiger partial charge in [-0.3, -0.25) is 16.3 Å². The van der Waals surface area contributed by atoms with E-state index in [-0.39, 0.29) is 6.04 Å². The van der Waals surface area contributed by atoms with Gasteiger partial charge >= 0.3 is 0 Å². The third-order valence-electron chi connectivity index (χ3n) is 4.10. The van der Waals surface area contributed by atoms with Gasteiger partial charge in [-0.1, -0.05) is 35.9 Å². The van der Waals surface area contributed by atoms with Gasteiger partial charge in [0, 0.05) is 28.9 Å². The minimum atomic E-state index is 0.158. The Hall–Kier alpha value is -1.42. The van der Waals surface area contributed by atoms with Gasteiger partial charge in [0.25, 0.3) is 0 Å². The Morgan fingerprint density at radius 2 is 2.15 bits per heavy atom. The van der Waals surface area contributed by atoms with Crippen molar-refractivity contribution in [1.82, 2.24) is 10.4 Å². The first kappa shape index (κ1) is 13.6. The first-order valence-electron chi connectivity index (χ1n) is 6.93. The molecule has 2 atom stereocenters. The molecule has 1 aromatic carbocycles. The highest BCUT2D eigenvalue weighted by Crippen LogP contribution is 2.35. The zero-order chi connectivity index (χ0) is 13.9. The maximum Gasteiger partial charge on any atom is 0.0482 e. The number of pyridine rings is 1. The average molecular weight is 288 g/mol. The van der Waals surface area contributed by atoms with Crippen LogP contribution in [-0.4, -0.2) is 11.0 Å². The molecule has 4 heteroatoms. The Kier molecular flexibility index (Phi) is 4.01. The van der Waals surface area contributed by atoms with E-state index >= 15 is 0 Å². The molecule has 1 aliphatic carbocycles. The number of nitrogens with one attached hydrogen (secondary N) is 1. The van der Waals surface area contributed by atoms with Crippen LogP contribution in [0.25, 0.3) is 0 Å². The summed E-state index contributed by atoms with van der Waals surface area (Å²) in [6, 6.07) is 12.3. The van der Waals surface area contributed by atoms with Crippen molar-refractivity contribution in [3.8, 4) is 0 Å². The van der Waals surface area contributed by atoms with Crippen LogP contribution in [-0.2, 0) is 12.8 Å². The van der Waals surface area contributed by atoms with Crippen molar-refractivity contribution in [3.63, 3.8) is 0 Å². The molecule has 2 unspecified atom stereocenters. The van der Waals surface area contributed by atoms with E-state index in [4.69, 9.17) is 17.4 Å². The van der Waals surface area contributed by atoms with Crippen molar-refractivity contribution in [2.45, 2.75) is 31.2 Å². The van der Waals surface area contributed by atoms with Crippen LogP contribution in [0, 0.1) is 0 Å². The number of nitrogens with zero attached hydrogens (tertiary/aromatic N) is 1. The van der Waals surface area contributed by atoms with E-state index in [0.29, 0.717) is 5.92 Å². The average Bonchev–Trinajstić information content (AvgIpc) is 2.90. The van der Waals surface area contributed by atoms with Crippen molar-refractivity contribution in [2.24, 2.45) is 5.84 Å². The fraction of sp³-hybridized carbons (Fsp3) is 0.312. The molecule has 0 spiro atoms. The summed E-state index contributed by atoms with van der Waals surface area (Å²) < 4.78 is 0. The van der Waals surface area contributed by atoms with Gasteiger partial charge in [0.05, 0.1) is 0 Å². The lowest BCUT2D eigenvalue weighted by atomic mass is 9.92. The van der Waals surface area contributed by atoms with E-state index in [0.717, 1.165) is 29.8 Å². The fourth-order valence-electron chi connectivity index (χ4n) is 3.05. The summed E-state index contributed by atoms with van der Waals surface area (Å²) in [7, 11) is 0. The molecule has 3 nitrogen and oxygen atoms in total. The van der Waals surface area contributed by atoms with E-state index in [9.17, 15) is 0 Å². The number of hydrogen-bond acceptors (Lipinski definition) is 3. The highest BCUT2D eigenvalue weighted by Gasteiger charge is 2.30.